The molecule has 0 spiro atoms. The maximum absolute atomic E-state index is 12.3. The average Bonchev–Trinajstić information content (AvgIpc) is 3.41. The third kappa shape index (κ3) is 63.8. The fraction of sp³-hybridized carbons (Fsp3) is 0.800. The molecule has 1 N–H and O–H groups in total. The van der Waals surface area contributed by atoms with E-state index in [1.807, 2.05) is 0 Å². The Bertz CT molecular complexity index is 1320. The van der Waals surface area contributed by atoms with Crippen molar-refractivity contribution < 1.29 is 24.2 Å². The van der Waals surface area contributed by atoms with Gasteiger partial charge in [0.1, 0.15) is 6.61 Å². The smallest absolute Gasteiger partial charge is 0.306 e. The van der Waals surface area contributed by atoms with Crippen LogP contribution in [-0.2, 0) is 19.1 Å². The van der Waals surface area contributed by atoms with Crippen molar-refractivity contribution in [3.05, 3.63) is 72.9 Å². The molecule has 0 saturated heterocycles. The van der Waals surface area contributed by atoms with Gasteiger partial charge in [-0.15, -0.1) is 0 Å². The molecule has 0 radical (unpaired) electrons. The zero-order valence-corrected chi connectivity index (χ0v) is 50.1. The Balaban J connectivity index is 3.44. The van der Waals surface area contributed by atoms with Gasteiger partial charge >= 0.3 is 11.9 Å². The van der Waals surface area contributed by atoms with Gasteiger partial charge in [0.15, 0.2) is 6.10 Å². The fourth-order valence-corrected chi connectivity index (χ4v) is 9.86. The Morgan fingerprint density at radius 3 is 0.867 bits per heavy atom. The fourth-order valence-electron chi connectivity index (χ4n) is 9.86. The van der Waals surface area contributed by atoms with E-state index in [-0.39, 0.29) is 25.2 Å². The quantitative estimate of drug-likeness (QED) is 0.0373. The zero-order chi connectivity index (χ0) is 54.1. The van der Waals surface area contributed by atoms with Crippen molar-refractivity contribution >= 4 is 11.9 Å². The zero-order valence-electron chi connectivity index (χ0n) is 50.1. The first-order valence-corrected chi connectivity index (χ1v) is 33.0. The molecule has 0 aromatic carbocycles. The van der Waals surface area contributed by atoms with Crippen LogP contribution in [0.3, 0.4) is 0 Å². The van der Waals surface area contributed by atoms with Crippen LogP contribution in [0, 0.1) is 0 Å². The summed E-state index contributed by atoms with van der Waals surface area (Å²) >= 11 is 0. The molecule has 1 atom stereocenters. The van der Waals surface area contributed by atoms with Crippen molar-refractivity contribution in [3.8, 4) is 0 Å². The van der Waals surface area contributed by atoms with Crippen molar-refractivity contribution in [1.82, 2.24) is 0 Å². The molecule has 0 saturated carbocycles. The van der Waals surface area contributed by atoms with E-state index in [0.717, 1.165) is 83.5 Å². The second kappa shape index (κ2) is 65.6. The van der Waals surface area contributed by atoms with Crippen LogP contribution < -0.4 is 0 Å². The number of esters is 2. The number of carbonyl (C=O) groups excluding carboxylic acids is 2. The third-order valence-corrected chi connectivity index (χ3v) is 14.8. The number of hydrogen-bond donors (Lipinski definition) is 1. The molecule has 0 rings (SSSR count). The minimum atomic E-state index is -0.780. The number of allylic oxidation sites excluding steroid dienone is 12. The van der Waals surface area contributed by atoms with Crippen LogP contribution in [0.1, 0.15) is 341 Å². The molecule has 0 aromatic heterocycles. The van der Waals surface area contributed by atoms with E-state index in [2.05, 4.69) is 86.8 Å². The van der Waals surface area contributed by atoms with Crippen molar-refractivity contribution in [2.45, 2.75) is 347 Å². The van der Waals surface area contributed by atoms with Crippen LogP contribution in [0.5, 0.6) is 0 Å². The van der Waals surface area contributed by atoms with Crippen LogP contribution in [-0.4, -0.2) is 36.4 Å². The molecule has 0 bridgehead atoms. The van der Waals surface area contributed by atoms with Crippen LogP contribution >= 0.6 is 0 Å². The van der Waals surface area contributed by atoms with E-state index in [1.54, 1.807) is 0 Å². The number of aliphatic hydroxyl groups excluding tert-OH is 1. The Morgan fingerprint density at radius 1 is 0.320 bits per heavy atom. The summed E-state index contributed by atoms with van der Waals surface area (Å²) in [5.41, 5.74) is 0. The lowest BCUT2D eigenvalue weighted by Crippen LogP contribution is -2.28. The molecule has 0 aliphatic heterocycles. The highest BCUT2D eigenvalue weighted by Gasteiger charge is 2.16. The molecule has 5 nitrogen and oxygen atoms in total. The number of aliphatic hydroxyl groups is 1. The van der Waals surface area contributed by atoms with E-state index in [1.165, 1.54) is 231 Å². The van der Waals surface area contributed by atoms with Gasteiger partial charge in [-0.1, -0.05) is 337 Å². The molecule has 0 aliphatic rings. The highest BCUT2D eigenvalue weighted by atomic mass is 16.6. The van der Waals surface area contributed by atoms with Crippen LogP contribution in [0.15, 0.2) is 72.9 Å². The van der Waals surface area contributed by atoms with E-state index in [0.29, 0.717) is 12.8 Å². The average molecular weight is 1050 g/mol. The minimum absolute atomic E-state index is 0.0686. The Hall–Kier alpha value is -2.66. The molecule has 5 heteroatoms. The molecule has 436 valence electrons. The third-order valence-electron chi connectivity index (χ3n) is 14.8. The Morgan fingerprint density at radius 2 is 0.573 bits per heavy atom. The molecule has 1 unspecified atom stereocenters. The molecule has 0 aromatic rings. The van der Waals surface area contributed by atoms with Crippen LogP contribution in [0.4, 0.5) is 0 Å². The van der Waals surface area contributed by atoms with Crippen molar-refractivity contribution in [2.24, 2.45) is 0 Å². The van der Waals surface area contributed by atoms with Crippen LogP contribution in [0.2, 0.25) is 0 Å². The molecular formula is C70H126O5. The number of hydrogen-bond acceptors (Lipinski definition) is 5. The summed E-state index contributed by atoms with van der Waals surface area (Å²) in [7, 11) is 0. The number of carbonyl (C=O) groups is 2. The Kier molecular flexibility index (Phi) is 63.3. The van der Waals surface area contributed by atoms with E-state index >= 15 is 0 Å². The SMILES string of the molecule is CC/C=C\C/C=C\C/C=C\C/C=C\C/C=C\C/C=C\CCCCCCCCCCC(=O)OC(CO)COC(=O)CCCCCCCCCCCCCCCCCCCCCCCCCCCCCCCCCCCC. The van der Waals surface area contributed by atoms with Crippen molar-refractivity contribution in [3.63, 3.8) is 0 Å². The summed E-state index contributed by atoms with van der Waals surface area (Å²) in [6.07, 6.45) is 90.7. The lowest BCUT2D eigenvalue weighted by molar-refractivity contribution is -0.161. The van der Waals surface area contributed by atoms with Gasteiger partial charge in [-0.2, -0.15) is 0 Å². The molecule has 0 heterocycles. The van der Waals surface area contributed by atoms with Gasteiger partial charge in [-0.05, 0) is 64.2 Å². The second-order valence-corrected chi connectivity index (χ2v) is 22.2. The predicted molar refractivity (Wildman–Crippen MR) is 330 cm³/mol. The topological polar surface area (TPSA) is 72.8 Å². The standard InChI is InChI=1S/C70H126O5/c1-3-5-7-9-11-13-15-17-19-21-23-25-27-29-31-32-33-34-35-36-37-39-40-42-44-46-48-50-52-54-56-58-60-62-64-69(72)74-67-68(66-71)75-70(73)65-63-61-59-57-55-53-51-49-47-45-43-41-38-30-28-26-24-22-20-18-16-14-12-10-8-6-4-2/h6,8,12,14,18,20,24,26,30,38,43,45,68,71H,3-5,7,9-11,13,15-17,19,21-23,25,27-29,31-37,39-42,44,46-67H2,1-2H3/b8-6-,14-12-,20-18-,26-24-,38-30-,45-43-. The highest BCUT2D eigenvalue weighted by molar-refractivity contribution is 5.70. The lowest BCUT2D eigenvalue weighted by atomic mass is 10.0. The number of ether oxygens (including phenoxy) is 2. The lowest BCUT2D eigenvalue weighted by Gasteiger charge is -2.15. The van der Waals surface area contributed by atoms with Gasteiger partial charge in [-0.25, -0.2) is 0 Å². The van der Waals surface area contributed by atoms with Crippen LogP contribution in [0.25, 0.3) is 0 Å². The van der Waals surface area contributed by atoms with Gasteiger partial charge in [0.25, 0.3) is 0 Å². The Labute approximate surface area is 467 Å². The van der Waals surface area contributed by atoms with Gasteiger partial charge < -0.3 is 14.6 Å². The van der Waals surface area contributed by atoms with E-state index in [9.17, 15) is 14.7 Å². The first-order chi connectivity index (χ1) is 37.1. The monoisotopic (exact) mass is 1050 g/mol. The minimum Gasteiger partial charge on any atom is -0.462 e. The van der Waals surface area contributed by atoms with Crippen molar-refractivity contribution in [1.29, 1.82) is 0 Å². The summed E-state index contributed by atoms with van der Waals surface area (Å²) in [6, 6.07) is 0. The van der Waals surface area contributed by atoms with Crippen molar-refractivity contribution in [2.75, 3.05) is 13.2 Å². The van der Waals surface area contributed by atoms with E-state index < -0.39 is 6.10 Å². The largest absolute Gasteiger partial charge is 0.462 e. The first-order valence-electron chi connectivity index (χ1n) is 33.0. The molecule has 0 aliphatic carbocycles. The summed E-state index contributed by atoms with van der Waals surface area (Å²) in [5.74, 6) is -0.588. The maximum Gasteiger partial charge on any atom is 0.306 e. The highest BCUT2D eigenvalue weighted by Crippen LogP contribution is 2.18. The van der Waals surface area contributed by atoms with Gasteiger partial charge in [0.05, 0.1) is 6.61 Å². The van der Waals surface area contributed by atoms with Gasteiger partial charge in [0.2, 0.25) is 0 Å². The number of rotatable bonds is 61. The second-order valence-electron chi connectivity index (χ2n) is 22.2. The maximum atomic E-state index is 12.3. The predicted octanol–water partition coefficient (Wildman–Crippen LogP) is 22.7. The normalized spacial score (nSPS) is 12.6. The summed E-state index contributed by atoms with van der Waals surface area (Å²) in [6.45, 7) is 4.06. The van der Waals surface area contributed by atoms with Gasteiger partial charge in [-0.3, -0.25) is 9.59 Å². The molecule has 75 heavy (non-hydrogen) atoms. The number of unbranched alkanes of at least 4 members (excludes halogenated alkanes) is 41. The molecular weight excluding hydrogens is 921 g/mol. The van der Waals surface area contributed by atoms with Gasteiger partial charge in [0, 0.05) is 12.8 Å². The van der Waals surface area contributed by atoms with E-state index in [4.69, 9.17) is 9.47 Å². The molecule has 0 amide bonds. The summed E-state index contributed by atoms with van der Waals surface area (Å²) in [5, 5.41) is 9.68. The first kappa shape index (κ1) is 72.3. The summed E-state index contributed by atoms with van der Waals surface area (Å²) < 4.78 is 10.7. The summed E-state index contributed by atoms with van der Waals surface area (Å²) in [4.78, 5) is 24.6. The molecule has 0 fully saturated rings.